The van der Waals surface area contributed by atoms with Crippen molar-refractivity contribution in [2.75, 3.05) is 18.7 Å². The summed E-state index contributed by atoms with van der Waals surface area (Å²) in [4.78, 5) is 17.8. The van der Waals surface area contributed by atoms with Gasteiger partial charge in [0, 0.05) is 4.90 Å². The minimum Gasteiger partial charge on any atom is -0.497 e. The molecule has 3 rings (SSSR count). The van der Waals surface area contributed by atoms with Crippen LogP contribution in [0.3, 0.4) is 0 Å². The Kier molecular flexibility index (Phi) is 4.75. The Morgan fingerprint density at radius 1 is 1.30 bits per heavy atom. The molecule has 1 aromatic heterocycles. The van der Waals surface area contributed by atoms with Gasteiger partial charge in [0.15, 0.2) is 5.13 Å². The zero-order chi connectivity index (χ0) is 16.4. The van der Waals surface area contributed by atoms with Gasteiger partial charge in [0.05, 0.1) is 27.9 Å². The van der Waals surface area contributed by atoms with Gasteiger partial charge in [-0.15, -0.1) is 11.8 Å². The lowest BCUT2D eigenvalue weighted by molar-refractivity contribution is 0.102. The van der Waals surface area contributed by atoms with Gasteiger partial charge in [-0.1, -0.05) is 22.9 Å². The van der Waals surface area contributed by atoms with E-state index in [0.29, 0.717) is 15.7 Å². The number of anilines is 1. The third kappa shape index (κ3) is 3.44. The smallest absolute Gasteiger partial charge is 0.258 e. The van der Waals surface area contributed by atoms with E-state index < -0.39 is 0 Å². The molecule has 0 aliphatic carbocycles. The van der Waals surface area contributed by atoms with E-state index in [4.69, 9.17) is 16.3 Å². The van der Waals surface area contributed by atoms with Gasteiger partial charge in [0.25, 0.3) is 5.91 Å². The molecule has 0 unspecified atom stereocenters. The average Bonchev–Trinajstić information content (AvgIpc) is 2.96. The van der Waals surface area contributed by atoms with E-state index in [0.717, 1.165) is 20.9 Å². The molecule has 3 aromatic rings. The number of nitrogens with one attached hydrogen (secondary N) is 1. The molecule has 1 heterocycles. The summed E-state index contributed by atoms with van der Waals surface area (Å²) in [7, 11) is 1.62. The largest absolute Gasteiger partial charge is 0.497 e. The molecule has 7 heteroatoms. The van der Waals surface area contributed by atoms with Crippen molar-refractivity contribution in [3.63, 3.8) is 0 Å². The van der Waals surface area contributed by atoms with E-state index in [1.54, 1.807) is 31.0 Å². The fourth-order valence-electron chi connectivity index (χ4n) is 2.06. The number of fused-ring (bicyclic) bond motifs is 1. The van der Waals surface area contributed by atoms with Crippen LogP contribution in [0.4, 0.5) is 5.13 Å². The maximum absolute atomic E-state index is 12.4. The standard InChI is InChI=1S/C16H13ClN2O2S2/c1-21-9-3-6-13-14(7-9)23-16(18-13)19-15(20)11-8-10(22-2)4-5-12(11)17/h3-8H,1-2H3,(H,18,19,20). The van der Waals surface area contributed by atoms with Crippen LogP contribution in [0.25, 0.3) is 10.2 Å². The van der Waals surface area contributed by atoms with Crippen LogP contribution in [0.15, 0.2) is 41.3 Å². The third-order valence-electron chi connectivity index (χ3n) is 3.23. The summed E-state index contributed by atoms with van der Waals surface area (Å²) in [6, 6.07) is 11.0. The number of thiazole rings is 1. The zero-order valence-corrected chi connectivity index (χ0v) is 14.8. The van der Waals surface area contributed by atoms with Crippen molar-refractivity contribution in [1.29, 1.82) is 0 Å². The monoisotopic (exact) mass is 364 g/mol. The van der Waals surface area contributed by atoms with Crippen molar-refractivity contribution in [3.05, 3.63) is 47.0 Å². The highest BCUT2D eigenvalue weighted by Gasteiger charge is 2.14. The summed E-state index contributed by atoms with van der Waals surface area (Å²) < 4.78 is 6.14. The van der Waals surface area contributed by atoms with E-state index in [1.165, 1.54) is 11.3 Å². The molecule has 23 heavy (non-hydrogen) atoms. The molecule has 0 atom stereocenters. The van der Waals surface area contributed by atoms with Crippen LogP contribution < -0.4 is 10.1 Å². The van der Waals surface area contributed by atoms with E-state index in [1.807, 2.05) is 30.5 Å². The summed E-state index contributed by atoms with van der Waals surface area (Å²) in [6.07, 6.45) is 1.95. The van der Waals surface area contributed by atoms with Crippen molar-refractivity contribution in [2.24, 2.45) is 0 Å². The number of aromatic nitrogens is 1. The summed E-state index contributed by atoms with van der Waals surface area (Å²) in [5, 5.41) is 3.76. The van der Waals surface area contributed by atoms with E-state index in [-0.39, 0.29) is 5.91 Å². The van der Waals surface area contributed by atoms with E-state index >= 15 is 0 Å². The fraction of sp³-hybridized carbons (Fsp3) is 0.125. The molecule has 0 saturated heterocycles. The molecule has 0 radical (unpaired) electrons. The van der Waals surface area contributed by atoms with Gasteiger partial charge >= 0.3 is 0 Å². The predicted octanol–water partition coefficient (Wildman–Crippen LogP) is 4.93. The van der Waals surface area contributed by atoms with Gasteiger partial charge in [-0.05, 0) is 42.7 Å². The molecular formula is C16H13ClN2O2S2. The van der Waals surface area contributed by atoms with Gasteiger partial charge in [0.2, 0.25) is 0 Å². The Bertz CT molecular complexity index is 880. The highest BCUT2D eigenvalue weighted by atomic mass is 35.5. The summed E-state index contributed by atoms with van der Waals surface area (Å²) >= 11 is 9.08. The number of amides is 1. The lowest BCUT2D eigenvalue weighted by atomic mass is 10.2. The van der Waals surface area contributed by atoms with Gasteiger partial charge in [-0.3, -0.25) is 10.1 Å². The van der Waals surface area contributed by atoms with Crippen molar-refractivity contribution >= 4 is 56.0 Å². The maximum atomic E-state index is 12.4. The highest BCUT2D eigenvalue weighted by Crippen LogP contribution is 2.30. The first-order valence-electron chi connectivity index (χ1n) is 6.70. The number of ether oxygens (including phenoxy) is 1. The quantitative estimate of drug-likeness (QED) is 0.667. The van der Waals surface area contributed by atoms with Crippen molar-refractivity contribution in [2.45, 2.75) is 4.90 Å². The minimum atomic E-state index is -0.267. The molecule has 1 amide bonds. The number of halogens is 1. The van der Waals surface area contributed by atoms with Gasteiger partial charge in [-0.2, -0.15) is 0 Å². The number of carbonyl (C=O) groups excluding carboxylic acids is 1. The van der Waals surface area contributed by atoms with Crippen molar-refractivity contribution in [3.8, 4) is 5.75 Å². The van der Waals surface area contributed by atoms with Crippen LogP contribution in [0.2, 0.25) is 5.02 Å². The highest BCUT2D eigenvalue weighted by molar-refractivity contribution is 7.98. The first-order chi connectivity index (χ1) is 11.1. The normalized spacial score (nSPS) is 10.7. The molecule has 0 fully saturated rings. The van der Waals surface area contributed by atoms with Crippen LogP contribution in [0, 0.1) is 0 Å². The molecule has 118 valence electrons. The Hall–Kier alpha value is -1.76. The molecule has 2 aromatic carbocycles. The van der Waals surface area contributed by atoms with Crippen molar-refractivity contribution in [1.82, 2.24) is 4.98 Å². The molecular weight excluding hydrogens is 352 g/mol. The molecule has 0 aliphatic heterocycles. The predicted molar refractivity (Wildman–Crippen MR) is 97.4 cm³/mol. The van der Waals surface area contributed by atoms with Crippen LogP contribution in [0.1, 0.15) is 10.4 Å². The Labute approximate surface area is 146 Å². The van der Waals surface area contributed by atoms with Gasteiger partial charge in [-0.25, -0.2) is 4.98 Å². The molecule has 0 bridgehead atoms. The Morgan fingerprint density at radius 2 is 2.13 bits per heavy atom. The molecule has 1 N–H and O–H groups in total. The second kappa shape index (κ2) is 6.78. The van der Waals surface area contributed by atoms with Crippen LogP contribution in [-0.4, -0.2) is 24.3 Å². The van der Waals surface area contributed by atoms with Crippen molar-refractivity contribution < 1.29 is 9.53 Å². The second-order valence-electron chi connectivity index (χ2n) is 4.65. The molecule has 0 aliphatic rings. The third-order valence-corrected chi connectivity index (χ3v) is 5.22. The Balaban J connectivity index is 1.88. The molecule has 0 saturated carbocycles. The molecule has 4 nitrogen and oxygen atoms in total. The minimum absolute atomic E-state index is 0.267. The summed E-state index contributed by atoms with van der Waals surface area (Å²) in [5.41, 5.74) is 1.26. The number of hydrogen-bond donors (Lipinski definition) is 1. The lowest BCUT2D eigenvalue weighted by Crippen LogP contribution is -2.12. The number of methoxy groups -OCH3 is 1. The number of thioether (sulfide) groups is 1. The van der Waals surface area contributed by atoms with Gasteiger partial charge in [0.1, 0.15) is 5.75 Å². The number of rotatable bonds is 4. The number of hydrogen-bond acceptors (Lipinski definition) is 5. The lowest BCUT2D eigenvalue weighted by Gasteiger charge is -2.05. The number of carbonyl (C=O) groups is 1. The number of nitrogens with zero attached hydrogens (tertiary/aromatic N) is 1. The topological polar surface area (TPSA) is 51.2 Å². The van der Waals surface area contributed by atoms with Crippen LogP contribution in [-0.2, 0) is 0 Å². The van der Waals surface area contributed by atoms with Crippen LogP contribution in [0.5, 0.6) is 5.75 Å². The van der Waals surface area contributed by atoms with Gasteiger partial charge < -0.3 is 4.74 Å². The van der Waals surface area contributed by atoms with E-state index in [9.17, 15) is 4.79 Å². The summed E-state index contributed by atoms with van der Waals surface area (Å²) in [6.45, 7) is 0. The first kappa shape index (κ1) is 16.1. The fourth-order valence-corrected chi connectivity index (χ4v) is 3.59. The molecule has 0 spiro atoms. The second-order valence-corrected chi connectivity index (χ2v) is 6.97. The van der Waals surface area contributed by atoms with Crippen LogP contribution >= 0.6 is 34.7 Å². The zero-order valence-electron chi connectivity index (χ0n) is 12.4. The SMILES string of the molecule is COc1ccc2nc(NC(=O)c3cc(SC)ccc3Cl)sc2c1. The first-order valence-corrected chi connectivity index (χ1v) is 9.12. The Morgan fingerprint density at radius 3 is 2.87 bits per heavy atom. The average molecular weight is 365 g/mol. The summed E-state index contributed by atoms with van der Waals surface area (Å²) in [5.74, 6) is 0.492. The maximum Gasteiger partial charge on any atom is 0.258 e. The van der Waals surface area contributed by atoms with E-state index in [2.05, 4.69) is 10.3 Å². The number of benzene rings is 2.